The fourth-order valence-electron chi connectivity index (χ4n) is 24.1. The predicted octanol–water partition coefficient (Wildman–Crippen LogP) is 16.8. The van der Waals surface area contributed by atoms with Gasteiger partial charge in [-0.15, -0.1) is 0 Å². The zero-order valence-electron chi connectivity index (χ0n) is 72.8. The average molecular weight is 1630 g/mol. The highest BCUT2D eigenvalue weighted by molar-refractivity contribution is 6.44. The van der Waals surface area contributed by atoms with E-state index in [9.17, 15) is 69.6 Å². The maximum absolute atomic E-state index is 14.3. The highest BCUT2D eigenvalue weighted by atomic mass is 16.3. The number of aliphatic hydroxyl groups is 4. The number of allylic oxidation sites excluding steroid dienone is 17. The number of ketones is 6. The number of benzene rings is 3. The second-order valence-electron chi connectivity index (χ2n) is 42.6. The van der Waals surface area contributed by atoms with Crippen molar-refractivity contribution < 1.29 is 69.6 Å². The maximum atomic E-state index is 14.3. The van der Waals surface area contributed by atoms with E-state index >= 15 is 0 Å². The molecule has 18 aliphatic rings. The third-order valence-electron chi connectivity index (χ3n) is 31.5. The molecule has 0 atom stereocenters. The number of hydrogen-bond acceptors (Lipinski definition) is 20. The molecule has 8 N–H and O–H groups in total. The van der Waals surface area contributed by atoms with Gasteiger partial charge in [0.2, 0.25) is 17.3 Å². The van der Waals surface area contributed by atoms with E-state index in [1.165, 1.54) is 0 Å². The number of Topliss-reactive ketones (excluding diaryl/α,β-unsaturated/α-hetero) is 6. The SMILES string of the molecule is CC1(C)CCN2CCC(C)(C)C3=C2C1=C(O)C(=C1C(=O)C(c2c(O)c4c5c(c2O)C(C)(C)CCN5CCC4(C)C)=C1O)C3=O.CC1(C)CCN2CCC(C)(C)C3=C2C1=CC(=C1C(=O)C(c2cc4c5c(c2O)C(C)(C)CCN5CCC4(C)C)=C1O)C3=O.O=C1C2=C3C(=C/C1=C1/C(=O)C(c4cc5c6c(c4O)CCCN6CCC5)=C1O)CCCN3CCC2. The summed E-state index contributed by atoms with van der Waals surface area (Å²) < 4.78 is 0. The van der Waals surface area contributed by atoms with Gasteiger partial charge in [0.05, 0.1) is 56.0 Å². The van der Waals surface area contributed by atoms with Gasteiger partial charge >= 0.3 is 0 Å². The predicted molar refractivity (Wildman–Crippen MR) is 463 cm³/mol. The lowest BCUT2D eigenvalue weighted by atomic mass is 9.62. The van der Waals surface area contributed by atoms with Crippen LogP contribution < -0.4 is 14.7 Å². The zero-order chi connectivity index (χ0) is 85.5. The van der Waals surface area contributed by atoms with E-state index in [0.29, 0.717) is 44.5 Å². The second-order valence-corrected chi connectivity index (χ2v) is 42.6. The average Bonchev–Trinajstić information content (AvgIpc) is 0.694. The molecule has 3 aromatic rings. The first-order chi connectivity index (χ1) is 56.4. The first-order valence-electron chi connectivity index (χ1n) is 44.2. The summed E-state index contributed by atoms with van der Waals surface area (Å²) in [5.74, 6) is -3.41. The first kappa shape index (κ1) is 79.5. The number of aromatic hydroxyl groups is 4. The molecule has 630 valence electrons. The maximum Gasteiger partial charge on any atom is 0.202 e. The van der Waals surface area contributed by atoms with E-state index in [4.69, 9.17) is 0 Å². The van der Waals surface area contributed by atoms with Crippen LogP contribution in [0.2, 0.25) is 0 Å². The molecule has 12 heterocycles. The van der Waals surface area contributed by atoms with Gasteiger partial charge in [0.1, 0.15) is 46.0 Å². The van der Waals surface area contributed by atoms with Crippen LogP contribution in [0.25, 0.3) is 16.7 Å². The summed E-state index contributed by atoms with van der Waals surface area (Å²) in [7, 11) is 0. The second kappa shape index (κ2) is 26.2. The number of carbonyl (C=O) groups excluding carboxylic acids is 6. The minimum atomic E-state index is -0.669. The van der Waals surface area contributed by atoms with Gasteiger partial charge in [0, 0.05) is 168 Å². The third-order valence-corrected chi connectivity index (χ3v) is 31.5. The molecule has 0 bridgehead atoms. The number of nitrogens with zero attached hydrogens (tertiary/aromatic N) is 6. The number of piperidine rings is 3. The molecule has 3 aromatic carbocycles. The molecule has 0 spiro atoms. The van der Waals surface area contributed by atoms with Crippen LogP contribution in [0.1, 0.15) is 251 Å². The van der Waals surface area contributed by atoms with Crippen molar-refractivity contribution >= 4 is 68.5 Å². The summed E-state index contributed by atoms with van der Waals surface area (Å²) in [5.41, 5.74) is 14.6. The molecular weight excluding hydrogens is 1510 g/mol. The Morgan fingerprint density at radius 1 is 0.300 bits per heavy atom. The molecule has 6 aliphatic carbocycles. The lowest BCUT2D eigenvalue weighted by Crippen LogP contribution is -2.49. The normalized spacial score (nSPS) is 27.4. The van der Waals surface area contributed by atoms with E-state index in [2.05, 4.69) is 84.8 Å². The number of phenolic OH excluding ortho intramolecular Hbond substituents is 4. The Bertz CT molecular complexity index is 5770. The van der Waals surface area contributed by atoms with Gasteiger partial charge in [0.25, 0.3) is 0 Å². The van der Waals surface area contributed by atoms with Gasteiger partial charge in [-0.2, -0.15) is 0 Å². The number of aliphatic hydroxyl groups excluding tert-OH is 4. The van der Waals surface area contributed by atoms with E-state index in [1.54, 1.807) is 0 Å². The Labute approximate surface area is 703 Å². The smallest absolute Gasteiger partial charge is 0.202 e. The standard InChI is InChI=1S/C36H44N2O6.C36H44N2O4.C28H28N2O4/c1-33(2)9-13-37-14-10-34(3,4)22-25(37)21(33)29(41)19(30(22)42)17-27(39)18(28(17)40)20-31(43)23-26-24(32(20)44)36(7,8)12-16-38(26)15-11-35(23,5)6;1-33(2)9-13-37-15-11-35(5,6)25-27(37)21(33)17-19(29(25)39)23-31(41)24(32(23)42)20-18-22-28-26(30(20)40)36(7,8)12-16-38(28)14-10-34(22,3)4;31-25-17-7-3-11-29-9-1-5-15(23(17)29)13-19(25)21-27(33)22(28(21)34)20-14-16-6-2-10-30-12-4-8-18(24(16)30)26(20)32/h39,41-43H,9-16H2,1-8H3;17-18,39,41H,9-16H2,1-8H3;13-14,31,33H,1-12H2/b;;22-20-. The summed E-state index contributed by atoms with van der Waals surface area (Å²) in [6.07, 6.45) is 17.7. The minimum Gasteiger partial charge on any atom is -0.507 e. The van der Waals surface area contributed by atoms with Crippen LogP contribution in [0.15, 0.2) is 131 Å². The van der Waals surface area contributed by atoms with Crippen LogP contribution in [0.5, 0.6) is 23.0 Å². The summed E-state index contributed by atoms with van der Waals surface area (Å²) in [4.78, 5) is 97.4. The Kier molecular flexibility index (Phi) is 17.3. The van der Waals surface area contributed by atoms with Crippen LogP contribution in [0.3, 0.4) is 0 Å². The van der Waals surface area contributed by atoms with Crippen molar-refractivity contribution in [3.63, 3.8) is 0 Å². The molecule has 0 radical (unpaired) electrons. The summed E-state index contributed by atoms with van der Waals surface area (Å²) in [6.45, 7) is 44.4. The van der Waals surface area contributed by atoms with E-state index in [-0.39, 0.29) is 130 Å². The number of phenols is 4. The minimum absolute atomic E-state index is 0.0795. The van der Waals surface area contributed by atoms with Crippen molar-refractivity contribution in [3.05, 3.63) is 181 Å². The van der Waals surface area contributed by atoms with Crippen LogP contribution >= 0.6 is 0 Å². The highest BCUT2D eigenvalue weighted by Gasteiger charge is 2.57. The van der Waals surface area contributed by atoms with Crippen LogP contribution in [0.4, 0.5) is 17.1 Å². The third kappa shape index (κ3) is 11.0. The van der Waals surface area contributed by atoms with E-state index in [1.807, 2.05) is 79.7 Å². The molecule has 3 fully saturated rings. The van der Waals surface area contributed by atoms with Gasteiger partial charge in [-0.3, -0.25) is 28.8 Å². The topological polar surface area (TPSA) is 284 Å². The Morgan fingerprint density at radius 3 is 1.27 bits per heavy atom. The van der Waals surface area contributed by atoms with E-state index < -0.39 is 39.0 Å². The lowest BCUT2D eigenvalue weighted by Gasteiger charge is -2.51. The number of aryl methyl sites for hydroxylation is 1. The van der Waals surface area contributed by atoms with Gasteiger partial charge < -0.3 is 70.3 Å². The Morgan fingerprint density at radius 2 is 0.708 bits per heavy atom. The van der Waals surface area contributed by atoms with Crippen LogP contribution in [-0.2, 0) is 63.3 Å². The van der Waals surface area contributed by atoms with Crippen molar-refractivity contribution in [2.24, 2.45) is 21.7 Å². The number of rotatable bonds is 3. The Balaban J connectivity index is 0.000000120. The molecule has 0 amide bonds. The molecule has 20 nitrogen and oxygen atoms in total. The van der Waals surface area contributed by atoms with Crippen LogP contribution in [-0.4, -0.2) is 169 Å². The molecule has 21 rings (SSSR count). The van der Waals surface area contributed by atoms with Crippen molar-refractivity contribution in [2.75, 3.05) is 93.2 Å². The summed E-state index contributed by atoms with van der Waals surface area (Å²) >= 11 is 0. The van der Waals surface area contributed by atoms with Gasteiger partial charge in [-0.05, 0) is 193 Å². The van der Waals surface area contributed by atoms with Crippen LogP contribution in [0, 0.1) is 21.7 Å². The molecule has 12 aliphatic heterocycles. The highest BCUT2D eigenvalue weighted by Crippen LogP contribution is 2.64. The molecule has 20 heteroatoms. The summed E-state index contributed by atoms with van der Waals surface area (Å²) in [5, 5.41) is 92.8. The molecule has 3 saturated heterocycles. The van der Waals surface area contributed by atoms with Gasteiger partial charge in [-0.1, -0.05) is 111 Å². The van der Waals surface area contributed by atoms with Gasteiger partial charge in [-0.25, -0.2) is 0 Å². The van der Waals surface area contributed by atoms with Crippen molar-refractivity contribution in [3.8, 4) is 23.0 Å². The largest absolute Gasteiger partial charge is 0.507 e. The molecule has 120 heavy (non-hydrogen) atoms. The number of anilines is 3. The fraction of sp³-hybridized carbons (Fsp3) is 0.520. The number of carbonyl (C=O) groups is 6. The van der Waals surface area contributed by atoms with Gasteiger partial charge in [0.15, 0.2) is 17.3 Å². The molecule has 0 aromatic heterocycles. The Hall–Kier alpha value is -10.2. The first-order valence-corrected chi connectivity index (χ1v) is 44.2. The van der Waals surface area contributed by atoms with Crippen molar-refractivity contribution in [1.82, 2.24) is 14.7 Å². The zero-order valence-corrected chi connectivity index (χ0v) is 72.8. The molecular formula is C100H116N6O14. The van der Waals surface area contributed by atoms with Crippen molar-refractivity contribution in [1.29, 1.82) is 0 Å². The molecule has 0 saturated carbocycles. The number of hydrogen-bond donors (Lipinski definition) is 8. The molecule has 0 unspecified atom stereocenters. The summed E-state index contributed by atoms with van der Waals surface area (Å²) in [6, 6.07) is 3.82. The quantitative estimate of drug-likeness (QED) is 0.113. The monoisotopic (exact) mass is 1620 g/mol. The lowest BCUT2D eigenvalue weighted by molar-refractivity contribution is -0.115. The fourth-order valence-corrected chi connectivity index (χ4v) is 24.1. The van der Waals surface area contributed by atoms with Crippen molar-refractivity contribution in [2.45, 2.75) is 235 Å². The van der Waals surface area contributed by atoms with E-state index in [0.717, 1.165) is 260 Å².